The Morgan fingerprint density at radius 3 is 2.68 bits per heavy atom. The highest BCUT2D eigenvalue weighted by molar-refractivity contribution is 9.10. The Labute approximate surface area is 206 Å². The second-order valence-corrected chi connectivity index (χ2v) is 8.88. The zero-order chi connectivity index (χ0) is 24.0. The van der Waals surface area contributed by atoms with Crippen molar-refractivity contribution in [3.05, 3.63) is 99.7 Å². The summed E-state index contributed by atoms with van der Waals surface area (Å²) in [5.74, 6) is -2.23. The lowest BCUT2D eigenvalue weighted by Crippen LogP contribution is -2.37. The number of imide groups is 1. The molecule has 1 unspecified atom stereocenters. The summed E-state index contributed by atoms with van der Waals surface area (Å²) in [7, 11) is 0. The number of nitrogens with one attached hydrogen (secondary N) is 2. The molecule has 2 amide bonds. The SMILES string of the molecule is O=C1NC(=O)c2ccc(Br)cc2C1=CNCC1=CCC(O)(OCCOCc2ccccc2)C=C1. The fourth-order valence-corrected chi connectivity index (χ4v) is 4.00. The zero-order valence-corrected chi connectivity index (χ0v) is 20.0. The number of benzene rings is 2. The third kappa shape index (κ3) is 6.09. The number of carbonyl (C=O) groups excluding carboxylic acids is 2. The second kappa shape index (κ2) is 10.9. The zero-order valence-electron chi connectivity index (χ0n) is 18.4. The lowest BCUT2D eigenvalue weighted by molar-refractivity contribution is -0.173. The van der Waals surface area contributed by atoms with Crippen molar-refractivity contribution >= 4 is 33.3 Å². The number of amides is 2. The molecule has 0 fully saturated rings. The van der Waals surface area contributed by atoms with Gasteiger partial charge in [0.05, 0.1) is 25.4 Å². The van der Waals surface area contributed by atoms with Crippen LogP contribution in [-0.4, -0.2) is 42.5 Å². The van der Waals surface area contributed by atoms with E-state index in [1.807, 2.05) is 36.4 Å². The molecule has 2 aromatic carbocycles. The number of rotatable bonds is 9. The molecule has 2 aliphatic rings. The molecule has 1 heterocycles. The van der Waals surface area contributed by atoms with Crippen molar-refractivity contribution in [3.8, 4) is 0 Å². The Kier molecular flexibility index (Phi) is 7.74. The van der Waals surface area contributed by atoms with E-state index < -0.39 is 17.6 Å². The van der Waals surface area contributed by atoms with Crippen LogP contribution in [0, 0.1) is 0 Å². The summed E-state index contributed by atoms with van der Waals surface area (Å²) in [6, 6.07) is 15.0. The second-order valence-electron chi connectivity index (χ2n) is 7.96. The van der Waals surface area contributed by atoms with Gasteiger partial charge in [-0.25, -0.2) is 0 Å². The molecule has 1 atom stereocenters. The van der Waals surface area contributed by atoms with Gasteiger partial charge in [0.1, 0.15) is 0 Å². The summed E-state index contributed by atoms with van der Waals surface area (Å²) in [5, 5.41) is 16.1. The van der Waals surface area contributed by atoms with Gasteiger partial charge in [-0.1, -0.05) is 58.4 Å². The number of fused-ring (bicyclic) bond motifs is 1. The molecule has 8 heteroatoms. The monoisotopic (exact) mass is 524 g/mol. The average Bonchev–Trinajstić information content (AvgIpc) is 2.83. The van der Waals surface area contributed by atoms with Crippen LogP contribution in [0.5, 0.6) is 0 Å². The van der Waals surface area contributed by atoms with E-state index in [4.69, 9.17) is 9.47 Å². The Morgan fingerprint density at radius 2 is 1.91 bits per heavy atom. The molecule has 34 heavy (non-hydrogen) atoms. The summed E-state index contributed by atoms with van der Waals surface area (Å²) in [6.45, 7) is 1.58. The van der Waals surface area contributed by atoms with E-state index in [1.54, 1.807) is 36.6 Å². The quantitative estimate of drug-likeness (QED) is 0.201. The third-order valence-electron chi connectivity index (χ3n) is 5.45. The first-order valence-electron chi connectivity index (χ1n) is 10.9. The van der Waals surface area contributed by atoms with Gasteiger partial charge in [-0.05, 0) is 35.4 Å². The van der Waals surface area contributed by atoms with Crippen molar-refractivity contribution in [2.75, 3.05) is 19.8 Å². The molecule has 0 saturated heterocycles. The maximum absolute atomic E-state index is 12.3. The Bertz CT molecular complexity index is 1160. The summed E-state index contributed by atoms with van der Waals surface area (Å²) in [5.41, 5.74) is 3.42. The number of halogens is 1. The van der Waals surface area contributed by atoms with Crippen LogP contribution < -0.4 is 10.6 Å². The maximum Gasteiger partial charge on any atom is 0.260 e. The van der Waals surface area contributed by atoms with Gasteiger partial charge in [0.25, 0.3) is 11.8 Å². The predicted molar refractivity (Wildman–Crippen MR) is 131 cm³/mol. The van der Waals surface area contributed by atoms with Gasteiger partial charge in [0, 0.05) is 34.8 Å². The van der Waals surface area contributed by atoms with Crippen LogP contribution >= 0.6 is 15.9 Å². The third-order valence-corrected chi connectivity index (χ3v) is 5.94. The van der Waals surface area contributed by atoms with Crippen LogP contribution in [0.2, 0.25) is 0 Å². The minimum atomic E-state index is -1.37. The van der Waals surface area contributed by atoms with Gasteiger partial charge >= 0.3 is 0 Å². The molecular weight excluding hydrogens is 500 g/mol. The van der Waals surface area contributed by atoms with Crippen LogP contribution in [0.15, 0.2) is 83.0 Å². The number of hydrogen-bond donors (Lipinski definition) is 3. The largest absolute Gasteiger partial charge is 0.386 e. The van der Waals surface area contributed by atoms with Crippen molar-refractivity contribution in [2.45, 2.75) is 18.8 Å². The predicted octanol–water partition coefficient (Wildman–Crippen LogP) is 3.46. The Balaban J connectivity index is 1.25. The lowest BCUT2D eigenvalue weighted by atomic mass is 9.95. The van der Waals surface area contributed by atoms with Gasteiger partial charge < -0.3 is 19.9 Å². The van der Waals surface area contributed by atoms with E-state index in [0.29, 0.717) is 42.9 Å². The van der Waals surface area contributed by atoms with Crippen LogP contribution in [0.4, 0.5) is 0 Å². The topological polar surface area (TPSA) is 96.9 Å². The van der Waals surface area contributed by atoms with Crippen LogP contribution in [0.3, 0.4) is 0 Å². The Hall–Kier alpha value is -3.04. The number of carbonyl (C=O) groups is 2. The average molecular weight is 525 g/mol. The summed E-state index contributed by atoms with van der Waals surface area (Å²) in [6.07, 6.45) is 7.19. The standard InChI is InChI=1S/C26H25BrN2O5/c27-20-6-7-21-22(14-20)23(25(31)29-24(21)30)16-28-15-18-8-10-26(32,11-9-18)34-13-12-33-17-19-4-2-1-3-5-19/h1-10,14,16,28,32H,11-13,15,17H2,(H,29,30,31). The molecule has 1 aliphatic carbocycles. The van der Waals surface area contributed by atoms with E-state index in [1.165, 1.54) is 0 Å². The fourth-order valence-electron chi connectivity index (χ4n) is 3.64. The maximum atomic E-state index is 12.3. The number of hydrogen-bond acceptors (Lipinski definition) is 6. The van der Waals surface area contributed by atoms with Gasteiger partial charge in [-0.15, -0.1) is 0 Å². The van der Waals surface area contributed by atoms with Crippen LogP contribution in [0.25, 0.3) is 5.57 Å². The minimum absolute atomic E-state index is 0.268. The molecular formula is C26H25BrN2O5. The first kappa shape index (κ1) is 24.1. The molecule has 1 aliphatic heterocycles. The van der Waals surface area contributed by atoms with E-state index >= 15 is 0 Å². The molecule has 4 rings (SSSR count). The van der Waals surface area contributed by atoms with E-state index in [2.05, 4.69) is 26.6 Å². The summed E-state index contributed by atoms with van der Waals surface area (Å²) < 4.78 is 12.0. The van der Waals surface area contributed by atoms with Gasteiger partial charge in [0.2, 0.25) is 0 Å². The van der Waals surface area contributed by atoms with Gasteiger partial charge in [-0.3, -0.25) is 14.9 Å². The van der Waals surface area contributed by atoms with Crippen LogP contribution in [-0.2, 0) is 20.9 Å². The summed E-state index contributed by atoms with van der Waals surface area (Å²) in [4.78, 5) is 24.4. The normalized spacial score (nSPS) is 20.6. The van der Waals surface area contributed by atoms with Crippen LogP contribution in [0.1, 0.15) is 27.9 Å². The Morgan fingerprint density at radius 1 is 1.09 bits per heavy atom. The van der Waals surface area contributed by atoms with E-state index in [9.17, 15) is 14.7 Å². The molecule has 0 aromatic heterocycles. The first-order chi connectivity index (χ1) is 16.4. The highest BCUT2D eigenvalue weighted by atomic mass is 79.9. The molecule has 2 aromatic rings. The summed E-state index contributed by atoms with van der Waals surface area (Å²) >= 11 is 3.38. The molecule has 0 spiro atoms. The van der Waals surface area contributed by atoms with Crippen molar-refractivity contribution < 1.29 is 24.2 Å². The van der Waals surface area contributed by atoms with Crippen molar-refractivity contribution in [3.63, 3.8) is 0 Å². The molecule has 7 nitrogen and oxygen atoms in total. The highest BCUT2D eigenvalue weighted by Gasteiger charge is 2.28. The van der Waals surface area contributed by atoms with Gasteiger partial charge in [0.15, 0.2) is 5.79 Å². The van der Waals surface area contributed by atoms with E-state index in [0.717, 1.165) is 15.6 Å². The minimum Gasteiger partial charge on any atom is -0.386 e. The molecule has 3 N–H and O–H groups in total. The fraction of sp³-hybridized carbons (Fsp3) is 0.231. The number of ether oxygens (including phenoxy) is 2. The van der Waals surface area contributed by atoms with E-state index in [-0.39, 0.29) is 6.61 Å². The molecule has 0 bridgehead atoms. The highest BCUT2D eigenvalue weighted by Crippen LogP contribution is 2.27. The first-order valence-corrected chi connectivity index (χ1v) is 11.7. The van der Waals surface area contributed by atoms with Crippen molar-refractivity contribution in [1.29, 1.82) is 0 Å². The van der Waals surface area contributed by atoms with Gasteiger partial charge in [-0.2, -0.15) is 0 Å². The lowest BCUT2D eigenvalue weighted by Gasteiger charge is -2.27. The molecule has 176 valence electrons. The van der Waals surface area contributed by atoms with Crippen molar-refractivity contribution in [2.24, 2.45) is 0 Å². The molecule has 0 radical (unpaired) electrons. The van der Waals surface area contributed by atoms with Crippen molar-refractivity contribution in [1.82, 2.24) is 10.6 Å². The molecule has 0 saturated carbocycles. The number of aliphatic hydroxyl groups is 1. The smallest absolute Gasteiger partial charge is 0.260 e.